The lowest BCUT2D eigenvalue weighted by molar-refractivity contribution is 0.0682. The fourth-order valence-corrected chi connectivity index (χ4v) is 4.64. The summed E-state index contributed by atoms with van der Waals surface area (Å²) < 4.78 is 15.3. The first-order chi connectivity index (χ1) is 16.5. The number of rotatable bonds is 6. The number of nitrogens with zero attached hydrogens (tertiary/aromatic N) is 6. The zero-order valence-corrected chi connectivity index (χ0v) is 19.6. The van der Waals surface area contributed by atoms with Crippen LogP contribution < -0.4 is 9.47 Å². The SMILES string of the molecule is COc1ccccc1OCc1nc2cccnc2n1C1CCN(C(=O)c2cc(C)nn2C)CC1. The van der Waals surface area contributed by atoms with E-state index in [1.165, 1.54) is 0 Å². The van der Waals surface area contributed by atoms with Crippen molar-refractivity contribution in [3.05, 3.63) is 65.9 Å². The van der Waals surface area contributed by atoms with Gasteiger partial charge in [-0.3, -0.25) is 9.48 Å². The molecule has 5 rings (SSSR count). The van der Waals surface area contributed by atoms with Crippen LogP contribution in [-0.2, 0) is 13.7 Å². The van der Waals surface area contributed by atoms with Gasteiger partial charge in [-0.25, -0.2) is 9.97 Å². The summed E-state index contributed by atoms with van der Waals surface area (Å²) in [4.78, 5) is 24.4. The Bertz CT molecular complexity index is 1320. The van der Waals surface area contributed by atoms with Gasteiger partial charge in [-0.15, -0.1) is 0 Å². The van der Waals surface area contributed by atoms with Crippen molar-refractivity contribution in [2.45, 2.75) is 32.4 Å². The van der Waals surface area contributed by atoms with Gasteiger partial charge in [-0.1, -0.05) is 12.1 Å². The molecule has 4 aromatic rings. The molecule has 176 valence electrons. The topological polar surface area (TPSA) is 87.3 Å². The van der Waals surface area contributed by atoms with Crippen LogP contribution in [0.25, 0.3) is 11.2 Å². The van der Waals surface area contributed by atoms with Crippen LogP contribution >= 0.6 is 0 Å². The van der Waals surface area contributed by atoms with Crippen LogP contribution in [0.4, 0.5) is 0 Å². The molecule has 1 saturated heterocycles. The molecule has 34 heavy (non-hydrogen) atoms. The molecular weight excluding hydrogens is 432 g/mol. The quantitative estimate of drug-likeness (QED) is 0.437. The van der Waals surface area contributed by atoms with Crippen molar-refractivity contribution >= 4 is 17.1 Å². The van der Waals surface area contributed by atoms with Gasteiger partial charge in [-0.2, -0.15) is 5.10 Å². The Labute approximate surface area is 197 Å². The van der Waals surface area contributed by atoms with E-state index in [-0.39, 0.29) is 11.9 Å². The number of imidazole rings is 1. The molecule has 1 amide bonds. The monoisotopic (exact) mass is 460 g/mol. The predicted octanol–water partition coefficient (Wildman–Crippen LogP) is 3.54. The van der Waals surface area contributed by atoms with Gasteiger partial charge in [0.05, 0.1) is 12.8 Å². The summed E-state index contributed by atoms with van der Waals surface area (Å²) in [6, 6.07) is 13.5. The maximum Gasteiger partial charge on any atom is 0.272 e. The summed E-state index contributed by atoms with van der Waals surface area (Å²) in [5.41, 5.74) is 3.14. The number of benzene rings is 1. The molecule has 0 saturated carbocycles. The van der Waals surface area contributed by atoms with Crippen LogP contribution in [-0.4, -0.2) is 55.3 Å². The fourth-order valence-electron chi connectivity index (χ4n) is 4.64. The van der Waals surface area contributed by atoms with E-state index in [4.69, 9.17) is 14.5 Å². The number of fused-ring (bicyclic) bond motifs is 1. The lowest BCUT2D eigenvalue weighted by Gasteiger charge is -2.33. The molecule has 0 N–H and O–H groups in total. The molecule has 3 aromatic heterocycles. The Morgan fingerprint density at radius 1 is 1.12 bits per heavy atom. The molecule has 1 aromatic carbocycles. The highest BCUT2D eigenvalue weighted by atomic mass is 16.5. The highest BCUT2D eigenvalue weighted by Crippen LogP contribution is 2.31. The van der Waals surface area contributed by atoms with Crippen molar-refractivity contribution in [1.82, 2.24) is 29.2 Å². The molecule has 0 unspecified atom stereocenters. The van der Waals surface area contributed by atoms with Crippen molar-refractivity contribution in [3.8, 4) is 11.5 Å². The molecular formula is C25H28N6O3. The van der Waals surface area contributed by atoms with Gasteiger partial charge in [0.1, 0.15) is 23.6 Å². The minimum Gasteiger partial charge on any atom is -0.493 e. The summed E-state index contributed by atoms with van der Waals surface area (Å²) in [6.07, 6.45) is 3.41. The number of aromatic nitrogens is 5. The predicted molar refractivity (Wildman–Crippen MR) is 127 cm³/mol. The lowest BCUT2D eigenvalue weighted by atomic mass is 10.0. The molecule has 0 bridgehead atoms. The van der Waals surface area contributed by atoms with Crippen LogP contribution in [0.2, 0.25) is 0 Å². The van der Waals surface area contributed by atoms with Crippen molar-refractivity contribution in [3.63, 3.8) is 0 Å². The Balaban J connectivity index is 1.36. The number of aryl methyl sites for hydroxylation is 2. The Morgan fingerprint density at radius 3 is 2.59 bits per heavy atom. The molecule has 4 heterocycles. The molecule has 0 radical (unpaired) electrons. The molecule has 0 atom stereocenters. The first-order valence-electron chi connectivity index (χ1n) is 11.4. The highest BCUT2D eigenvalue weighted by molar-refractivity contribution is 5.92. The number of hydrogen-bond donors (Lipinski definition) is 0. The summed E-state index contributed by atoms with van der Waals surface area (Å²) in [5, 5.41) is 4.31. The minimum absolute atomic E-state index is 0.0230. The molecule has 0 spiro atoms. The van der Waals surface area contributed by atoms with Crippen LogP contribution in [0.15, 0.2) is 48.7 Å². The Morgan fingerprint density at radius 2 is 1.88 bits per heavy atom. The molecule has 9 heteroatoms. The summed E-state index contributed by atoms with van der Waals surface area (Å²) in [7, 11) is 3.44. The first kappa shape index (κ1) is 21.9. The Hall–Kier alpha value is -3.88. The molecule has 1 fully saturated rings. The van der Waals surface area contributed by atoms with Crippen LogP contribution in [0, 0.1) is 6.92 Å². The number of amides is 1. The van der Waals surface area contributed by atoms with Gasteiger partial charge in [0.2, 0.25) is 0 Å². The normalized spacial score (nSPS) is 14.5. The zero-order valence-electron chi connectivity index (χ0n) is 19.6. The third kappa shape index (κ3) is 4.09. The second-order valence-electron chi connectivity index (χ2n) is 8.50. The van der Waals surface area contributed by atoms with E-state index in [0.29, 0.717) is 36.9 Å². The van der Waals surface area contributed by atoms with E-state index in [2.05, 4.69) is 14.6 Å². The third-order valence-electron chi connectivity index (χ3n) is 6.29. The first-order valence-corrected chi connectivity index (χ1v) is 11.4. The molecule has 0 aliphatic carbocycles. The number of carbonyl (C=O) groups excluding carboxylic acids is 1. The summed E-state index contributed by atoms with van der Waals surface area (Å²) in [6.45, 7) is 3.51. The van der Waals surface area contributed by atoms with Gasteiger partial charge >= 0.3 is 0 Å². The van der Waals surface area contributed by atoms with E-state index in [1.54, 1.807) is 18.0 Å². The maximum atomic E-state index is 13.0. The Kier molecular flexibility index (Phi) is 5.91. The number of methoxy groups -OCH3 is 1. The van der Waals surface area contributed by atoms with E-state index < -0.39 is 0 Å². The molecule has 9 nitrogen and oxygen atoms in total. The number of para-hydroxylation sites is 2. The zero-order chi connectivity index (χ0) is 23.7. The van der Waals surface area contributed by atoms with Gasteiger partial charge in [-0.05, 0) is 50.1 Å². The average Bonchev–Trinajstić information content (AvgIpc) is 3.41. The van der Waals surface area contributed by atoms with E-state index in [9.17, 15) is 4.79 Å². The van der Waals surface area contributed by atoms with E-state index in [0.717, 1.165) is 35.5 Å². The summed E-state index contributed by atoms with van der Waals surface area (Å²) >= 11 is 0. The number of likely N-dealkylation sites (tertiary alicyclic amines) is 1. The maximum absolute atomic E-state index is 13.0. The average molecular weight is 461 g/mol. The number of carbonyl (C=O) groups is 1. The minimum atomic E-state index is 0.0230. The number of pyridine rings is 1. The van der Waals surface area contributed by atoms with Gasteiger partial charge in [0, 0.05) is 32.4 Å². The number of ether oxygens (including phenoxy) is 2. The van der Waals surface area contributed by atoms with Crippen molar-refractivity contribution in [1.29, 1.82) is 0 Å². The van der Waals surface area contributed by atoms with Crippen molar-refractivity contribution in [2.24, 2.45) is 7.05 Å². The largest absolute Gasteiger partial charge is 0.493 e. The van der Waals surface area contributed by atoms with E-state index in [1.807, 2.05) is 61.3 Å². The third-order valence-corrected chi connectivity index (χ3v) is 6.29. The van der Waals surface area contributed by atoms with Crippen LogP contribution in [0.3, 0.4) is 0 Å². The molecule has 1 aliphatic rings. The van der Waals surface area contributed by atoms with Crippen LogP contribution in [0.1, 0.15) is 40.9 Å². The van der Waals surface area contributed by atoms with Gasteiger partial charge in [0.25, 0.3) is 5.91 Å². The van der Waals surface area contributed by atoms with Gasteiger partial charge in [0.15, 0.2) is 17.1 Å². The second kappa shape index (κ2) is 9.17. The van der Waals surface area contributed by atoms with E-state index >= 15 is 0 Å². The smallest absolute Gasteiger partial charge is 0.272 e. The van der Waals surface area contributed by atoms with Crippen molar-refractivity contribution in [2.75, 3.05) is 20.2 Å². The van der Waals surface area contributed by atoms with Crippen LogP contribution in [0.5, 0.6) is 11.5 Å². The second-order valence-corrected chi connectivity index (χ2v) is 8.50. The number of piperidine rings is 1. The summed E-state index contributed by atoms with van der Waals surface area (Å²) in [5.74, 6) is 2.19. The van der Waals surface area contributed by atoms with Crippen molar-refractivity contribution < 1.29 is 14.3 Å². The standard InChI is InChI=1S/C25H28N6O3/c1-17-15-20(29(2)28-17)25(32)30-13-10-18(11-14-30)31-23(27-19-7-6-12-26-24(19)31)16-34-22-9-5-4-8-21(22)33-3/h4-9,12,15,18H,10-11,13-14,16H2,1-3H3. The lowest BCUT2D eigenvalue weighted by Crippen LogP contribution is -2.40. The number of hydrogen-bond acceptors (Lipinski definition) is 6. The fraction of sp³-hybridized carbons (Fsp3) is 0.360. The highest BCUT2D eigenvalue weighted by Gasteiger charge is 2.29. The van der Waals surface area contributed by atoms with Gasteiger partial charge < -0.3 is 18.9 Å². The molecule has 1 aliphatic heterocycles.